The van der Waals surface area contributed by atoms with Gasteiger partial charge in [-0.2, -0.15) is 13.5 Å². The Morgan fingerprint density at radius 2 is 1.97 bits per heavy atom. The molecule has 0 amide bonds. The molecule has 0 spiro atoms. The Labute approximate surface area is 172 Å². The van der Waals surface area contributed by atoms with E-state index >= 15 is 0 Å². The van der Waals surface area contributed by atoms with Gasteiger partial charge in [-0.1, -0.05) is 6.07 Å². The largest absolute Gasteiger partial charge is 0.493 e. The Morgan fingerprint density at radius 3 is 2.59 bits per heavy atom. The maximum Gasteiger partial charge on any atom is 0.339 e. The molecule has 0 radical (unpaired) electrons. The number of nitro groups is 1. The smallest absolute Gasteiger partial charge is 0.339 e. The van der Waals surface area contributed by atoms with Gasteiger partial charge in [0.25, 0.3) is 5.69 Å². The number of methoxy groups -OCH3 is 1. The van der Waals surface area contributed by atoms with E-state index in [0.29, 0.717) is 16.2 Å². The third kappa shape index (κ3) is 5.62. The van der Waals surface area contributed by atoms with Crippen LogP contribution in [0.15, 0.2) is 46.4 Å². The van der Waals surface area contributed by atoms with Gasteiger partial charge in [-0.15, -0.1) is 0 Å². The van der Waals surface area contributed by atoms with Crippen molar-refractivity contribution in [1.29, 1.82) is 0 Å². The van der Waals surface area contributed by atoms with Crippen molar-refractivity contribution in [2.75, 3.05) is 14.2 Å². The maximum atomic E-state index is 12.6. The average molecular weight is 438 g/mol. The quantitative estimate of drug-likeness (QED) is 0.219. The summed E-state index contributed by atoms with van der Waals surface area (Å²) < 4.78 is 35.4. The number of rotatable bonds is 7. The summed E-state index contributed by atoms with van der Waals surface area (Å²) in [5, 5.41) is 18.0. The van der Waals surface area contributed by atoms with Crippen LogP contribution >= 0.6 is 12.2 Å². The van der Waals surface area contributed by atoms with E-state index in [0.717, 1.165) is 6.07 Å². The fraction of sp³-hybridized carbons (Fsp3) is 0.176. The van der Waals surface area contributed by atoms with Gasteiger partial charge in [-0.3, -0.25) is 15.5 Å². The van der Waals surface area contributed by atoms with Crippen LogP contribution in [0.4, 0.5) is 5.69 Å². The minimum Gasteiger partial charge on any atom is -0.493 e. The molecule has 0 unspecified atom stereocenters. The molecule has 154 valence electrons. The lowest BCUT2D eigenvalue weighted by Crippen LogP contribution is -2.28. The van der Waals surface area contributed by atoms with E-state index in [9.17, 15) is 18.5 Å². The zero-order valence-electron chi connectivity index (χ0n) is 15.7. The van der Waals surface area contributed by atoms with Crippen LogP contribution in [0.2, 0.25) is 0 Å². The topological polar surface area (TPSA) is 132 Å². The lowest BCUT2D eigenvalue weighted by molar-refractivity contribution is -0.385. The first-order valence-corrected chi connectivity index (χ1v) is 9.88. The second kappa shape index (κ2) is 9.30. The molecule has 0 bridgehead atoms. The fourth-order valence-electron chi connectivity index (χ4n) is 2.16. The molecule has 0 saturated carbocycles. The first kappa shape index (κ1) is 22.0. The molecule has 2 aromatic rings. The number of nitro benzene ring substituents is 1. The number of nitrogens with zero attached hydrogens (tertiary/aromatic N) is 2. The predicted octanol–water partition coefficient (Wildman–Crippen LogP) is 2.11. The third-order valence-corrected chi connectivity index (χ3v) is 5.19. The molecular weight excluding hydrogens is 420 g/mol. The van der Waals surface area contributed by atoms with E-state index in [4.69, 9.17) is 21.1 Å². The highest BCUT2D eigenvalue weighted by atomic mass is 32.2. The minimum absolute atomic E-state index is 0.0772. The van der Waals surface area contributed by atoms with Crippen molar-refractivity contribution in [2.24, 2.45) is 5.10 Å². The molecular formula is C17H18N4O6S2. The lowest BCUT2D eigenvalue weighted by Gasteiger charge is -2.11. The zero-order chi connectivity index (χ0) is 21.6. The first-order chi connectivity index (χ1) is 13.7. The highest BCUT2D eigenvalue weighted by Crippen LogP contribution is 2.31. The van der Waals surface area contributed by atoms with E-state index < -0.39 is 15.0 Å². The monoisotopic (exact) mass is 438 g/mol. The van der Waals surface area contributed by atoms with Gasteiger partial charge >= 0.3 is 10.1 Å². The summed E-state index contributed by atoms with van der Waals surface area (Å²) in [5.74, 6) is 0.0573. The summed E-state index contributed by atoms with van der Waals surface area (Å²) in [6.07, 6.45) is 1.45. The summed E-state index contributed by atoms with van der Waals surface area (Å²) in [6.45, 7) is 1.51. The van der Waals surface area contributed by atoms with E-state index in [1.54, 1.807) is 13.1 Å². The van der Waals surface area contributed by atoms with Crippen LogP contribution in [-0.4, -0.2) is 38.8 Å². The second-order valence-corrected chi connectivity index (χ2v) is 7.56. The van der Waals surface area contributed by atoms with Gasteiger partial charge in [0.1, 0.15) is 4.90 Å². The minimum atomic E-state index is -4.32. The Kier molecular flexibility index (Phi) is 7.07. The van der Waals surface area contributed by atoms with Crippen molar-refractivity contribution < 1.29 is 22.3 Å². The molecule has 0 saturated heterocycles. The molecule has 2 rings (SSSR count). The van der Waals surface area contributed by atoms with Gasteiger partial charge in [0.15, 0.2) is 16.6 Å². The van der Waals surface area contributed by atoms with Crippen LogP contribution in [0.5, 0.6) is 11.5 Å². The molecule has 0 aliphatic carbocycles. The molecule has 0 atom stereocenters. The molecule has 0 aliphatic rings. The molecule has 2 aromatic carbocycles. The van der Waals surface area contributed by atoms with Gasteiger partial charge in [0, 0.05) is 18.7 Å². The predicted molar refractivity (Wildman–Crippen MR) is 111 cm³/mol. The van der Waals surface area contributed by atoms with E-state index in [2.05, 4.69) is 15.8 Å². The van der Waals surface area contributed by atoms with E-state index in [-0.39, 0.29) is 22.1 Å². The van der Waals surface area contributed by atoms with Crippen LogP contribution in [0.1, 0.15) is 11.1 Å². The Bertz CT molecular complexity index is 1070. The molecule has 0 aliphatic heterocycles. The van der Waals surface area contributed by atoms with Crippen molar-refractivity contribution in [2.45, 2.75) is 11.8 Å². The van der Waals surface area contributed by atoms with Crippen LogP contribution in [0.25, 0.3) is 0 Å². The summed E-state index contributed by atoms with van der Waals surface area (Å²) in [5.41, 5.74) is 3.18. The van der Waals surface area contributed by atoms with E-state index in [1.165, 1.54) is 44.5 Å². The molecule has 0 heterocycles. The number of benzene rings is 2. The lowest BCUT2D eigenvalue weighted by atomic mass is 10.2. The Hall–Kier alpha value is -3.25. The van der Waals surface area contributed by atoms with Crippen molar-refractivity contribution >= 4 is 39.4 Å². The Morgan fingerprint density at radius 1 is 1.24 bits per heavy atom. The summed E-state index contributed by atoms with van der Waals surface area (Å²) in [6, 6.07) is 7.98. The SMILES string of the molecule is CNC(=S)N/N=C/c1ccc(OS(=O)(=O)c2ccc(C)c([N+](=O)[O-])c2)c(OC)c1. The van der Waals surface area contributed by atoms with Crippen LogP contribution in [0.3, 0.4) is 0 Å². The standard InChI is InChI=1S/C17H18N4O6S2/c1-11-4-6-13(9-14(11)21(22)23)29(24,25)27-15-7-5-12(8-16(15)26-3)10-19-20-17(28)18-2/h4-10H,1-3H3,(H2,18,20,28)/b19-10+. The second-order valence-electron chi connectivity index (χ2n) is 5.60. The summed E-state index contributed by atoms with van der Waals surface area (Å²) in [4.78, 5) is 10.1. The number of thiocarbonyl (C=S) groups is 1. The van der Waals surface area contributed by atoms with Gasteiger partial charge in [0.05, 0.1) is 18.2 Å². The number of hydrogen-bond acceptors (Lipinski definition) is 8. The first-order valence-electron chi connectivity index (χ1n) is 8.06. The molecule has 12 heteroatoms. The summed E-state index contributed by atoms with van der Waals surface area (Å²) in [7, 11) is -1.33. The van der Waals surface area contributed by atoms with Gasteiger partial charge in [-0.05, 0) is 49.0 Å². The number of hydrogen-bond donors (Lipinski definition) is 2. The van der Waals surface area contributed by atoms with Crippen molar-refractivity contribution in [3.05, 3.63) is 57.6 Å². The van der Waals surface area contributed by atoms with Gasteiger partial charge in [0.2, 0.25) is 0 Å². The number of nitrogens with one attached hydrogen (secondary N) is 2. The van der Waals surface area contributed by atoms with Gasteiger partial charge < -0.3 is 14.2 Å². The molecule has 2 N–H and O–H groups in total. The Balaban J connectivity index is 2.30. The highest BCUT2D eigenvalue weighted by Gasteiger charge is 2.23. The molecule has 0 aromatic heterocycles. The number of aryl methyl sites for hydroxylation is 1. The zero-order valence-corrected chi connectivity index (χ0v) is 17.3. The van der Waals surface area contributed by atoms with Crippen molar-refractivity contribution in [3.8, 4) is 11.5 Å². The number of ether oxygens (including phenoxy) is 1. The summed E-state index contributed by atoms with van der Waals surface area (Å²) >= 11 is 4.89. The highest BCUT2D eigenvalue weighted by molar-refractivity contribution is 7.87. The van der Waals surface area contributed by atoms with Crippen molar-refractivity contribution in [3.63, 3.8) is 0 Å². The van der Waals surface area contributed by atoms with Crippen LogP contribution < -0.4 is 19.7 Å². The molecule has 29 heavy (non-hydrogen) atoms. The number of hydrazone groups is 1. The van der Waals surface area contributed by atoms with E-state index in [1.807, 2.05) is 0 Å². The van der Waals surface area contributed by atoms with Crippen LogP contribution in [0, 0.1) is 17.0 Å². The van der Waals surface area contributed by atoms with Crippen molar-refractivity contribution in [1.82, 2.24) is 10.7 Å². The van der Waals surface area contributed by atoms with Crippen LogP contribution in [-0.2, 0) is 10.1 Å². The maximum absolute atomic E-state index is 12.6. The van der Waals surface area contributed by atoms with Gasteiger partial charge in [-0.25, -0.2) is 0 Å². The molecule has 10 nitrogen and oxygen atoms in total. The average Bonchev–Trinajstić information content (AvgIpc) is 2.68. The fourth-order valence-corrected chi connectivity index (χ4v) is 3.18. The third-order valence-electron chi connectivity index (χ3n) is 3.66. The molecule has 0 fully saturated rings. The normalized spacial score (nSPS) is 11.1.